The van der Waals surface area contributed by atoms with Crippen molar-refractivity contribution in [3.63, 3.8) is 0 Å². The lowest BCUT2D eigenvalue weighted by molar-refractivity contribution is 0.178. The van der Waals surface area contributed by atoms with Crippen molar-refractivity contribution in [3.05, 3.63) is 11.9 Å². The van der Waals surface area contributed by atoms with Gasteiger partial charge in [-0.1, -0.05) is 6.92 Å². The molecule has 0 bridgehead atoms. The second-order valence-corrected chi connectivity index (χ2v) is 4.94. The lowest BCUT2D eigenvalue weighted by Crippen LogP contribution is -2.16. The maximum absolute atomic E-state index is 5.08. The van der Waals surface area contributed by atoms with Crippen LogP contribution in [0.3, 0.4) is 0 Å². The van der Waals surface area contributed by atoms with Gasteiger partial charge in [-0.3, -0.25) is 0 Å². The highest BCUT2D eigenvalue weighted by Crippen LogP contribution is 2.48. The summed E-state index contributed by atoms with van der Waals surface area (Å²) in [5.41, 5.74) is 0.506. The molecule has 0 spiro atoms. The fourth-order valence-corrected chi connectivity index (χ4v) is 2.02. The normalized spacial score (nSPS) is 16.4. The smallest absolute Gasteiger partial charge is 0.158 e. The molecular weight excluding hydrogens is 228 g/mol. The molecule has 100 valence electrons. The number of hydrogen-bond acceptors (Lipinski definition) is 5. The number of anilines is 2. The van der Waals surface area contributed by atoms with Crippen LogP contribution >= 0.6 is 0 Å². The van der Waals surface area contributed by atoms with E-state index >= 15 is 0 Å². The van der Waals surface area contributed by atoms with Crippen LogP contribution in [0.15, 0.2) is 6.07 Å². The van der Waals surface area contributed by atoms with Crippen molar-refractivity contribution in [2.24, 2.45) is 5.41 Å². The molecule has 2 N–H and O–H groups in total. The van der Waals surface area contributed by atoms with E-state index in [1.807, 2.05) is 13.1 Å². The molecule has 0 radical (unpaired) electrons. The maximum atomic E-state index is 5.08. The molecule has 0 aromatic carbocycles. The van der Waals surface area contributed by atoms with Gasteiger partial charge >= 0.3 is 0 Å². The molecule has 2 rings (SSSR count). The SMILES string of the molecule is CCC1(CNc2cc(NC)nc(COC)n2)CC1. The van der Waals surface area contributed by atoms with Crippen LogP contribution in [0.25, 0.3) is 0 Å². The zero-order chi connectivity index (χ0) is 13.0. The number of nitrogens with zero attached hydrogens (tertiary/aromatic N) is 2. The van der Waals surface area contributed by atoms with Crippen molar-refractivity contribution in [1.29, 1.82) is 0 Å². The molecule has 1 heterocycles. The summed E-state index contributed by atoms with van der Waals surface area (Å²) in [6.45, 7) is 3.68. The highest BCUT2D eigenvalue weighted by Gasteiger charge is 2.40. The number of rotatable bonds is 7. The first kappa shape index (κ1) is 13.1. The Morgan fingerprint density at radius 1 is 1.33 bits per heavy atom. The molecule has 18 heavy (non-hydrogen) atoms. The topological polar surface area (TPSA) is 59.1 Å². The molecule has 5 heteroatoms. The molecule has 0 amide bonds. The highest BCUT2D eigenvalue weighted by atomic mass is 16.5. The maximum Gasteiger partial charge on any atom is 0.158 e. The number of ether oxygens (including phenoxy) is 1. The molecule has 0 saturated heterocycles. The van der Waals surface area contributed by atoms with Crippen LogP contribution in [0, 0.1) is 5.41 Å². The Morgan fingerprint density at radius 3 is 2.61 bits per heavy atom. The first-order valence-corrected chi connectivity index (χ1v) is 6.50. The molecule has 0 atom stereocenters. The zero-order valence-corrected chi connectivity index (χ0v) is 11.4. The minimum atomic E-state index is 0.434. The third-order valence-corrected chi connectivity index (χ3v) is 3.65. The van der Waals surface area contributed by atoms with Crippen LogP contribution < -0.4 is 10.6 Å². The molecule has 1 aromatic rings. The predicted molar refractivity (Wildman–Crippen MR) is 72.7 cm³/mol. The largest absolute Gasteiger partial charge is 0.377 e. The number of nitrogens with one attached hydrogen (secondary N) is 2. The Labute approximate surface area is 108 Å². The van der Waals surface area contributed by atoms with Crippen LogP contribution in [-0.2, 0) is 11.3 Å². The second-order valence-electron chi connectivity index (χ2n) is 4.94. The van der Waals surface area contributed by atoms with E-state index in [0.29, 0.717) is 17.8 Å². The molecular formula is C13H22N4O. The standard InChI is InChI=1S/C13H22N4O/c1-4-13(5-6-13)9-15-11-7-10(14-2)16-12(17-11)8-18-3/h7H,4-6,8-9H2,1-3H3,(H2,14,15,16,17). The van der Waals surface area contributed by atoms with Gasteiger partial charge in [0.2, 0.25) is 0 Å². The Hall–Kier alpha value is -1.36. The number of aromatic nitrogens is 2. The number of hydrogen-bond donors (Lipinski definition) is 2. The molecule has 1 aliphatic rings. The first-order chi connectivity index (χ1) is 8.71. The van der Waals surface area contributed by atoms with Crippen molar-refractivity contribution in [2.45, 2.75) is 32.8 Å². The Kier molecular flexibility index (Phi) is 4.01. The average Bonchev–Trinajstić information content (AvgIpc) is 3.17. The average molecular weight is 250 g/mol. The van der Waals surface area contributed by atoms with Crippen LogP contribution in [-0.4, -0.2) is 30.7 Å². The summed E-state index contributed by atoms with van der Waals surface area (Å²) in [6.07, 6.45) is 3.88. The van der Waals surface area contributed by atoms with E-state index in [-0.39, 0.29) is 0 Å². The van der Waals surface area contributed by atoms with Crippen LogP contribution in [0.4, 0.5) is 11.6 Å². The predicted octanol–water partition coefficient (Wildman–Crippen LogP) is 2.27. The van der Waals surface area contributed by atoms with E-state index < -0.39 is 0 Å². The summed E-state index contributed by atoms with van der Waals surface area (Å²) in [7, 11) is 3.51. The second kappa shape index (κ2) is 5.52. The summed E-state index contributed by atoms with van der Waals surface area (Å²) in [6, 6.07) is 1.94. The van der Waals surface area contributed by atoms with E-state index in [2.05, 4.69) is 27.5 Å². The minimum Gasteiger partial charge on any atom is -0.377 e. The molecule has 1 saturated carbocycles. The summed E-state index contributed by atoms with van der Waals surface area (Å²) >= 11 is 0. The summed E-state index contributed by atoms with van der Waals surface area (Å²) < 4.78 is 5.08. The van der Waals surface area contributed by atoms with Gasteiger partial charge in [0.05, 0.1) is 0 Å². The van der Waals surface area contributed by atoms with Crippen LogP contribution in [0.2, 0.25) is 0 Å². The molecule has 0 aliphatic heterocycles. The van der Waals surface area contributed by atoms with E-state index in [1.165, 1.54) is 19.3 Å². The first-order valence-electron chi connectivity index (χ1n) is 6.50. The van der Waals surface area contributed by atoms with Gasteiger partial charge in [0, 0.05) is 26.8 Å². The quantitative estimate of drug-likeness (QED) is 0.777. The van der Waals surface area contributed by atoms with Gasteiger partial charge in [0.15, 0.2) is 5.82 Å². The van der Waals surface area contributed by atoms with E-state index in [4.69, 9.17) is 4.74 Å². The van der Waals surface area contributed by atoms with Crippen molar-refractivity contribution < 1.29 is 4.74 Å². The molecule has 0 unspecified atom stereocenters. The molecule has 1 aromatic heterocycles. The zero-order valence-electron chi connectivity index (χ0n) is 11.4. The molecule has 1 fully saturated rings. The highest BCUT2D eigenvalue weighted by molar-refractivity contribution is 5.47. The fraction of sp³-hybridized carbons (Fsp3) is 0.692. The van der Waals surface area contributed by atoms with Crippen molar-refractivity contribution in [2.75, 3.05) is 31.3 Å². The van der Waals surface area contributed by atoms with Gasteiger partial charge in [-0.05, 0) is 24.7 Å². The molecule has 5 nitrogen and oxygen atoms in total. The van der Waals surface area contributed by atoms with Gasteiger partial charge in [-0.15, -0.1) is 0 Å². The van der Waals surface area contributed by atoms with Gasteiger partial charge in [-0.25, -0.2) is 9.97 Å². The van der Waals surface area contributed by atoms with Gasteiger partial charge in [0.1, 0.15) is 18.2 Å². The Balaban J connectivity index is 2.04. The Morgan fingerprint density at radius 2 is 2.06 bits per heavy atom. The Bertz CT molecular complexity index is 404. The third kappa shape index (κ3) is 3.10. The number of methoxy groups -OCH3 is 1. The fourth-order valence-electron chi connectivity index (χ4n) is 2.02. The third-order valence-electron chi connectivity index (χ3n) is 3.65. The lowest BCUT2D eigenvalue weighted by Gasteiger charge is -2.15. The monoisotopic (exact) mass is 250 g/mol. The van der Waals surface area contributed by atoms with Gasteiger partial charge < -0.3 is 15.4 Å². The summed E-state index contributed by atoms with van der Waals surface area (Å²) in [5.74, 6) is 2.40. The summed E-state index contributed by atoms with van der Waals surface area (Å²) in [4.78, 5) is 8.78. The minimum absolute atomic E-state index is 0.434. The van der Waals surface area contributed by atoms with Crippen LogP contribution in [0.5, 0.6) is 0 Å². The van der Waals surface area contributed by atoms with E-state index in [0.717, 1.165) is 18.2 Å². The van der Waals surface area contributed by atoms with E-state index in [9.17, 15) is 0 Å². The lowest BCUT2D eigenvalue weighted by atomic mass is 10.0. The molecule has 1 aliphatic carbocycles. The van der Waals surface area contributed by atoms with Crippen LogP contribution in [0.1, 0.15) is 32.0 Å². The van der Waals surface area contributed by atoms with E-state index in [1.54, 1.807) is 7.11 Å². The summed E-state index contributed by atoms with van der Waals surface area (Å²) in [5, 5.41) is 6.47. The van der Waals surface area contributed by atoms with Crippen molar-refractivity contribution in [1.82, 2.24) is 9.97 Å². The van der Waals surface area contributed by atoms with Crippen molar-refractivity contribution >= 4 is 11.6 Å². The van der Waals surface area contributed by atoms with Crippen molar-refractivity contribution in [3.8, 4) is 0 Å². The van der Waals surface area contributed by atoms with Gasteiger partial charge in [0.25, 0.3) is 0 Å². The van der Waals surface area contributed by atoms with Gasteiger partial charge in [-0.2, -0.15) is 0 Å².